The van der Waals surface area contributed by atoms with Gasteiger partial charge in [-0.2, -0.15) is 0 Å². The summed E-state index contributed by atoms with van der Waals surface area (Å²) in [5.41, 5.74) is 0.599. The van der Waals surface area contributed by atoms with E-state index in [2.05, 4.69) is 21.2 Å². The molecule has 0 aliphatic rings. The van der Waals surface area contributed by atoms with Crippen molar-refractivity contribution in [3.05, 3.63) is 39.4 Å². The van der Waals surface area contributed by atoms with Crippen LogP contribution in [0.4, 0.5) is 5.69 Å². The highest BCUT2D eigenvalue weighted by atomic mass is 79.9. The first-order valence-corrected chi connectivity index (χ1v) is 6.73. The molecule has 1 aromatic rings. The van der Waals surface area contributed by atoms with Crippen LogP contribution in [0.3, 0.4) is 0 Å². The third-order valence-corrected chi connectivity index (χ3v) is 3.42. The minimum Gasteiger partial charge on any atom is -0.383 e. The molecule has 0 saturated carbocycles. The lowest BCUT2D eigenvalue weighted by molar-refractivity contribution is -0.385. The number of alkyl halides is 1. The number of benzene rings is 1. The van der Waals surface area contributed by atoms with Gasteiger partial charge in [-0.15, -0.1) is 0 Å². The molecular weight excluding hydrogens is 316 g/mol. The molecule has 19 heavy (non-hydrogen) atoms. The van der Waals surface area contributed by atoms with E-state index < -0.39 is 4.92 Å². The van der Waals surface area contributed by atoms with E-state index in [1.807, 2.05) is 0 Å². The third-order valence-electron chi connectivity index (χ3n) is 2.64. The Morgan fingerprint density at radius 3 is 2.79 bits per heavy atom. The molecule has 1 amide bonds. The van der Waals surface area contributed by atoms with Gasteiger partial charge in [0.05, 0.1) is 17.6 Å². The molecule has 1 atom stereocenters. The van der Waals surface area contributed by atoms with Gasteiger partial charge in [-0.3, -0.25) is 14.9 Å². The molecule has 7 heteroatoms. The van der Waals surface area contributed by atoms with Gasteiger partial charge in [0.2, 0.25) is 0 Å². The standard InChI is InChI=1S/C12H15BrN2O4/c1-8-10(4-3-5-11(8)15(17)18)12(16)14-9(6-13)7-19-2/h3-5,9H,6-7H2,1-2H3,(H,14,16). The summed E-state index contributed by atoms with van der Waals surface area (Å²) in [5, 5.41) is 14.1. The van der Waals surface area contributed by atoms with Crippen molar-refractivity contribution in [1.29, 1.82) is 0 Å². The van der Waals surface area contributed by atoms with Gasteiger partial charge in [0.1, 0.15) is 0 Å². The molecule has 1 aromatic carbocycles. The predicted molar refractivity (Wildman–Crippen MR) is 74.8 cm³/mol. The van der Waals surface area contributed by atoms with Gasteiger partial charge in [-0.05, 0) is 13.0 Å². The van der Waals surface area contributed by atoms with Crippen LogP contribution in [-0.2, 0) is 4.74 Å². The molecular formula is C12H15BrN2O4. The Kier molecular flexibility index (Phi) is 5.91. The number of rotatable bonds is 6. The number of methoxy groups -OCH3 is 1. The molecule has 0 fully saturated rings. The SMILES string of the molecule is COCC(CBr)NC(=O)c1cccc([N+](=O)[O-])c1C. The van der Waals surface area contributed by atoms with E-state index in [-0.39, 0.29) is 17.6 Å². The number of nitro groups is 1. The summed E-state index contributed by atoms with van der Waals surface area (Å²) < 4.78 is 4.97. The fraction of sp³-hybridized carbons (Fsp3) is 0.417. The second-order valence-corrected chi connectivity index (χ2v) is 4.63. The van der Waals surface area contributed by atoms with Crippen molar-refractivity contribution in [2.45, 2.75) is 13.0 Å². The summed E-state index contributed by atoms with van der Waals surface area (Å²) >= 11 is 3.27. The van der Waals surface area contributed by atoms with Crippen LogP contribution >= 0.6 is 15.9 Å². The maximum atomic E-state index is 12.1. The topological polar surface area (TPSA) is 81.5 Å². The van der Waals surface area contributed by atoms with E-state index in [1.165, 1.54) is 12.1 Å². The zero-order valence-corrected chi connectivity index (χ0v) is 12.3. The summed E-state index contributed by atoms with van der Waals surface area (Å²) in [5.74, 6) is -0.345. The molecule has 0 aliphatic carbocycles. The fourth-order valence-electron chi connectivity index (χ4n) is 1.66. The quantitative estimate of drug-likeness (QED) is 0.491. The van der Waals surface area contributed by atoms with Gasteiger partial charge < -0.3 is 10.1 Å². The molecule has 0 spiro atoms. The van der Waals surface area contributed by atoms with Gasteiger partial charge >= 0.3 is 0 Å². The Labute approximate surface area is 119 Å². The highest BCUT2D eigenvalue weighted by Gasteiger charge is 2.19. The van der Waals surface area contributed by atoms with Crippen LogP contribution in [0.2, 0.25) is 0 Å². The second-order valence-electron chi connectivity index (χ2n) is 3.99. The Hall–Kier alpha value is -1.47. The zero-order chi connectivity index (χ0) is 14.4. The van der Waals surface area contributed by atoms with Crippen LogP contribution < -0.4 is 5.32 Å². The van der Waals surface area contributed by atoms with Crippen LogP contribution in [0.5, 0.6) is 0 Å². The van der Waals surface area contributed by atoms with Gasteiger partial charge in [0, 0.05) is 29.6 Å². The van der Waals surface area contributed by atoms with Gasteiger partial charge in [0.25, 0.3) is 11.6 Å². The molecule has 0 heterocycles. The average molecular weight is 331 g/mol. The molecule has 1 N–H and O–H groups in total. The van der Waals surface area contributed by atoms with E-state index in [4.69, 9.17) is 4.74 Å². The Morgan fingerprint density at radius 2 is 2.26 bits per heavy atom. The molecule has 104 valence electrons. The highest BCUT2D eigenvalue weighted by Crippen LogP contribution is 2.21. The Balaban J connectivity index is 2.94. The maximum Gasteiger partial charge on any atom is 0.273 e. The van der Waals surface area contributed by atoms with Crippen LogP contribution in [0, 0.1) is 17.0 Å². The van der Waals surface area contributed by atoms with Crippen LogP contribution in [0.25, 0.3) is 0 Å². The van der Waals surface area contributed by atoms with E-state index in [9.17, 15) is 14.9 Å². The van der Waals surface area contributed by atoms with Crippen molar-refractivity contribution in [3.8, 4) is 0 Å². The van der Waals surface area contributed by atoms with Crippen LogP contribution in [-0.4, -0.2) is 35.9 Å². The number of ether oxygens (including phenoxy) is 1. The van der Waals surface area contributed by atoms with Gasteiger partial charge in [0.15, 0.2) is 0 Å². The molecule has 0 bridgehead atoms. The van der Waals surface area contributed by atoms with Gasteiger partial charge in [-0.25, -0.2) is 0 Å². The monoisotopic (exact) mass is 330 g/mol. The molecule has 1 unspecified atom stereocenters. The summed E-state index contributed by atoms with van der Waals surface area (Å²) in [7, 11) is 1.54. The van der Waals surface area contributed by atoms with Crippen molar-refractivity contribution < 1.29 is 14.5 Å². The first-order chi connectivity index (χ1) is 9.01. The van der Waals surface area contributed by atoms with Gasteiger partial charge in [-0.1, -0.05) is 22.0 Å². The zero-order valence-electron chi connectivity index (χ0n) is 10.7. The third kappa shape index (κ3) is 4.00. The molecule has 0 aliphatic heterocycles. The lowest BCUT2D eigenvalue weighted by Crippen LogP contribution is -2.39. The number of halogens is 1. The van der Waals surface area contributed by atoms with E-state index in [1.54, 1.807) is 20.1 Å². The van der Waals surface area contributed by atoms with Crippen molar-refractivity contribution in [3.63, 3.8) is 0 Å². The number of hydrogen-bond donors (Lipinski definition) is 1. The lowest BCUT2D eigenvalue weighted by Gasteiger charge is -2.16. The summed E-state index contributed by atoms with van der Waals surface area (Å²) in [6, 6.07) is 4.26. The van der Waals surface area contributed by atoms with E-state index in [0.717, 1.165) is 0 Å². The molecule has 0 saturated heterocycles. The number of nitrogens with one attached hydrogen (secondary N) is 1. The number of carbonyl (C=O) groups excluding carboxylic acids is 1. The number of amides is 1. The summed E-state index contributed by atoms with van der Waals surface area (Å²) in [6.45, 7) is 1.93. The minimum absolute atomic E-state index is 0.0604. The molecule has 0 radical (unpaired) electrons. The summed E-state index contributed by atoms with van der Waals surface area (Å²) in [6.07, 6.45) is 0. The molecule has 6 nitrogen and oxygen atoms in total. The predicted octanol–water partition coefficient (Wildman–Crippen LogP) is 2.04. The number of nitro benzene ring substituents is 1. The number of nitrogens with zero attached hydrogens (tertiary/aromatic N) is 1. The van der Waals surface area contributed by atoms with Crippen molar-refractivity contribution in [1.82, 2.24) is 5.32 Å². The normalized spacial score (nSPS) is 11.9. The molecule has 1 rings (SSSR count). The number of hydrogen-bond acceptors (Lipinski definition) is 4. The van der Waals surface area contributed by atoms with Crippen molar-refractivity contribution >= 4 is 27.5 Å². The average Bonchev–Trinajstić information content (AvgIpc) is 2.37. The lowest BCUT2D eigenvalue weighted by atomic mass is 10.1. The van der Waals surface area contributed by atoms with E-state index in [0.29, 0.717) is 23.1 Å². The summed E-state index contributed by atoms with van der Waals surface area (Å²) in [4.78, 5) is 22.4. The Morgan fingerprint density at radius 1 is 1.58 bits per heavy atom. The maximum absolute atomic E-state index is 12.1. The minimum atomic E-state index is -0.497. The van der Waals surface area contributed by atoms with Crippen molar-refractivity contribution in [2.24, 2.45) is 0 Å². The largest absolute Gasteiger partial charge is 0.383 e. The van der Waals surface area contributed by atoms with E-state index >= 15 is 0 Å². The Bertz CT molecular complexity index is 479. The van der Waals surface area contributed by atoms with Crippen molar-refractivity contribution in [2.75, 3.05) is 19.0 Å². The highest BCUT2D eigenvalue weighted by molar-refractivity contribution is 9.09. The van der Waals surface area contributed by atoms with Crippen LogP contribution in [0.15, 0.2) is 18.2 Å². The fourth-order valence-corrected chi connectivity index (χ4v) is 2.01. The smallest absolute Gasteiger partial charge is 0.273 e. The second kappa shape index (κ2) is 7.20. The first kappa shape index (κ1) is 15.6. The van der Waals surface area contributed by atoms with Crippen LogP contribution in [0.1, 0.15) is 15.9 Å². The molecule has 0 aromatic heterocycles. The first-order valence-electron chi connectivity index (χ1n) is 5.61. The number of carbonyl (C=O) groups is 1.